The molecule has 0 saturated carbocycles. The smallest absolute Gasteiger partial charge is 0.198 e. The van der Waals surface area contributed by atoms with E-state index in [1.807, 2.05) is 0 Å². The number of amidine groups is 1. The number of nitrogen functional groups attached to an aromatic ring is 1. The molecule has 6 heteroatoms. The molecule has 2 aromatic carbocycles. The molecule has 0 heterocycles. The first-order valence-electron chi connectivity index (χ1n) is 5.66. The van der Waals surface area contributed by atoms with Gasteiger partial charge in [-0.05, 0) is 24.3 Å². The Labute approximate surface area is 114 Å². The molecule has 0 spiro atoms. The second-order valence-electron chi connectivity index (χ2n) is 3.96. The van der Waals surface area contributed by atoms with Crippen LogP contribution in [-0.4, -0.2) is 12.9 Å². The number of halogens is 2. The van der Waals surface area contributed by atoms with Crippen molar-refractivity contribution in [3.63, 3.8) is 0 Å². The van der Waals surface area contributed by atoms with E-state index < -0.39 is 23.2 Å². The van der Waals surface area contributed by atoms with Crippen LogP contribution in [0.2, 0.25) is 0 Å². The first-order chi connectivity index (χ1) is 9.51. The third-order valence-corrected chi connectivity index (χ3v) is 2.57. The standard InChI is InChI=1S/C14H12F2N2O2/c1-19-9-3-2-4-10(7-9)20-13-11(15)5-8(14(17)18)6-12(13)16/h2-7H,1H3,(H3,17,18). The van der Waals surface area contributed by atoms with Crippen molar-refractivity contribution in [1.82, 2.24) is 0 Å². The van der Waals surface area contributed by atoms with E-state index >= 15 is 0 Å². The first-order valence-corrected chi connectivity index (χ1v) is 5.66. The summed E-state index contributed by atoms with van der Waals surface area (Å²) in [7, 11) is 1.47. The van der Waals surface area contributed by atoms with E-state index in [1.54, 1.807) is 18.2 Å². The number of rotatable bonds is 4. The van der Waals surface area contributed by atoms with Gasteiger partial charge in [-0.25, -0.2) is 8.78 Å². The Kier molecular flexibility index (Phi) is 3.84. The largest absolute Gasteiger partial charge is 0.497 e. The highest BCUT2D eigenvalue weighted by molar-refractivity contribution is 5.95. The van der Waals surface area contributed by atoms with Gasteiger partial charge in [-0.2, -0.15) is 0 Å². The molecule has 20 heavy (non-hydrogen) atoms. The van der Waals surface area contributed by atoms with Crippen molar-refractivity contribution in [2.75, 3.05) is 7.11 Å². The van der Waals surface area contributed by atoms with Crippen LogP contribution in [0.25, 0.3) is 0 Å². The zero-order valence-electron chi connectivity index (χ0n) is 10.6. The number of ether oxygens (including phenoxy) is 2. The van der Waals surface area contributed by atoms with Gasteiger partial charge in [0.1, 0.15) is 17.3 Å². The molecule has 0 unspecified atom stereocenters. The number of methoxy groups -OCH3 is 1. The normalized spacial score (nSPS) is 10.2. The Morgan fingerprint density at radius 3 is 2.25 bits per heavy atom. The van der Waals surface area contributed by atoms with Crippen LogP contribution in [0.1, 0.15) is 5.56 Å². The molecule has 4 nitrogen and oxygen atoms in total. The Hall–Kier alpha value is -2.63. The second-order valence-corrected chi connectivity index (χ2v) is 3.96. The summed E-state index contributed by atoms with van der Waals surface area (Å²) in [6.45, 7) is 0. The van der Waals surface area contributed by atoms with E-state index in [4.69, 9.17) is 20.6 Å². The maximum absolute atomic E-state index is 13.8. The Bertz CT molecular complexity index is 636. The predicted molar refractivity (Wildman–Crippen MR) is 70.4 cm³/mol. The molecule has 0 fully saturated rings. The minimum Gasteiger partial charge on any atom is -0.497 e. The van der Waals surface area contributed by atoms with Crippen molar-refractivity contribution in [1.29, 1.82) is 5.41 Å². The van der Waals surface area contributed by atoms with Crippen LogP contribution in [0.3, 0.4) is 0 Å². The summed E-state index contributed by atoms with van der Waals surface area (Å²) in [6, 6.07) is 8.24. The van der Waals surface area contributed by atoms with E-state index in [0.717, 1.165) is 12.1 Å². The second kappa shape index (κ2) is 5.56. The summed E-state index contributed by atoms with van der Waals surface area (Å²) in [6.07, 6.45) is 0. The van der Waals surface area contributed by atoms with Crippen LogP contribution in [-0.2, 0) is 0 Å². The molecule has 2 rings (SSSR count). The van der Waals surface area contributed by atoms with Gasteiger partial charge in [0.2, 0.25) is 0 Å². The zero-order chi connectivity index (χ0) is 14.7. The quantitative estimate of drug-likeness (QED) is 0.667. The van der Waals surface area contributed by atoms with Gasteiger partial charge in [-0.3, -0.25) is 5.41 Å². The third kappa shape index (κ3) is 2.85. The zero-order valence-corrected chi connectivity index (χ0v) is 10.6. The van der Waals surface area contributed by atoms with Gasteiger partial charge >= 0.3 is 0 Å². The molecule has 0 aliphatic carbocycles. The Morgan fingerprint density at radius 2 is 1.70 bits per heavy atom. The van der Waals surface area contributed by atoms with Crippen molar-refractivity contribution < 1.29 is 18.3 Å². The van der Waals surface area contributed by atoms with E-state index in [-0.39, 0.29) is 11.3 Å². The monoisotopic (exact) mass is 278 g/mol. The summed E-state index contributed by atoms with van der Waals surface area (Å²) in [4.78, 5) is 0. The molecule has 104 valence electrons. The van der Waals surface area contributed by atoms with Crippen molar-refractivity contribution in [2.24, 2.45) is 5.73 Å². The van der Waals surface area contributed by atoms with Gasteiger partial charge in [0.05, 0.1) is 7.11 Å². The van der Waals surface area contributed by atoms with Gasteiger partial charge < -0.3 is 15.2 Å². The summed E-state index contributed by atoms with van der Waals surface area (Å²) in [5, 5.41) is 7.16. The summed E-state index contributed by atoms with van der Waals surface area (Å²) in [5.74, 6) is -2.10. The first kappa shape index (κ1) is 13.8. The van der Waals surface area contributed by atoms with Gasteiger partial charge in [-0.15, -0.1) is 0 Å². The summed E-state index contributed by atoms with van der Waals surface area (Å²) >= 11 is 0. The molecule has 0 aromatic heterocycles. The third-order valence-electron chi connectivity index (χ3n) is 2.57. The fraction of sp³-hybridized carbons (Fsp3) is 0.0714. The molecular formula is C14H12F2N2O2. The van der Waals surface area contributed by atoms with Crippen molar-refractivity contribution in [2.45, 2.75) is 0 Å². The van der Waals surface area contributed by atoms with E-state index in [0.29, 0.717) is 5.75 Å². The molecule has 0 radical (unpaired) electrons. The molecule has 3 N–H and O–H groups in total. The average molecular weight is 278 g/mol. The number of nitrogens with one attached hydrogen (secondary N) is 1. The lowest BCUT2D eigenvalue weighted by Gasteiger charge is -2.10. The highest BCUT2D eigenvalue weighted by Gasteiger charge is 2.15. The Balaban J connectivity index is 2.36. The van der Waals surface area contributed by atoms with Gasteiger partial charge in [0.25, 0.3) is 0 Å². The minimum absolute atomic E-state index is 0.0435. The lowest BCUT2D eigenvalue weighted by atomic mass is 10.2. The molecule has 0 saturated heterocycles. The van der Waals surface area contributed by atoms with Crippen LogP contribution in [0.15, 0.2) is 36.4 Å². The predicted octanol–water partition coefficient (Wildman–Crippen LogP) is 3.05. The Morgan fingerprint density at radius 1 is 1.10 bits per heavy atom. The SMILES string of the molecule is COc1cccc(Oc2c(F)cc(C(=N)N)cc2F)c1. The number of hydrogen-bond acceptors (Lipinski definition) is 3. The average Bonchev–Trinajstić information content (AvgIpc) is 2.42. The lowest BCUT2D eigenvalue weighted by Crippen LogP contribution is -2.12. The topological polar surface area (TPSA) is 68.3 Å². The van der Waals surface area contributed by atoms with E-state index in [9.17, 15) is 8.78 Å². The fourth-order valence-electron chi connectivity index (χ4n) is 1.60. The molecule has 0 aliphatic rings. The van der Waals surface area contributed by atoms with Crippen LogP contribution < -0.4 is 15.2 Å². The molecule has 2 aromatic rings. The maximum Gasteiger partial charge on any atom is 0.198 e. The van der Waals surface area contributed by atoms with Crippen LogP contribution in [0.4, 0.5) is 8.78 Å². The molecule has 0 amide bonds. The number of benzene rings is 2. The molecule has 0 aliphatic heterocycles. The van der Waals surface area contributed by atoms with Crippen molar-refractivity contribution in [3.8, 4) is 17.2 Å². The molecular weight excluding hydrogens is 266 g/mol. The van der Waals surface area contributed by atoms with E-state index in [1.165, 1.54) is 13.2 Å². The molecule has 0 atom stereocenters. The van der Waals surface area contributed by atoms with Crippen molar-refractivity contribution >= 4 is 5.84 Å². The minimum atomic E-state index is -0.932. The van der Waals surface area contributed by atoms with Crippen LogP contribution in [0.5, 0.6) is 17.2 Å². The summed E-state index contributed by atoms with van der Waals surface area (Å²) in [5.41, 5.74) is 5.14. The highest BCUT2D eigenvalue weighted by Crippen LogP contribution is 2.30. The van der Waals surface area contributed by atoms with Gasteiger partial charge in [0, 0.05) is 11.6 Å². The molecule has 0 bridgehead atoms. The van der Waals surface area contributed by atoms with Crippen molar-refractivity contribution in [3.05, 3.63) is 53.6 Å². The van der Waals surface area contributed by atoms with Crippen LogP contribution >= 0.6 is 0 Å². The highest BCUT2D eigenvalue weighted by atomic mass is 19.1. The fourth-order valence-corrected chi connectivity index (χ4v) is 1.60. The number of hydrogen-bond donors (Lipinski definition) is 2. The van der Waals surface area contributed by atoms with E-state index in [2.05, 4.69) is 0 Å². The van der Waals surface area contributed by atoms with Crippen LogP contribution in [0, 0.1) is 17.0 Å². The van der Waals surface area contributed by atoms with Gasteiger partial charge in [0.15, 0.2) is 17.4 Å². The number of nitrogens with two attached hydrogens (primary N) is 1. The lowest BCUT2D eigenvalue weighted by molar-refractivity contribution is 0.393. The van der Waals surface area contributed by atoms with Gasteiger partial charge in [-0.1, -0.05) is 6.07 Å². The summed E-state index contributed by atoms with van der Waals surface area (Å²) < 4.78 is 37.7. The maximum atomic E-state index is 13.8.